The molecule has 0 unspecified atom stereocenters. The Labute approximate surface area is 143 Å². The van der Waals surface area contributed by atoms with Gasteiger partial charge in [-0.1, -0.05) is 25.1 Å². The molecular formula is C19H27NO4. The van der Waals surface area contributed by atoms with Crippen molar-refractivity contribution in [1.82, 2.24) is 4.90 Å². The van der Waals surface area contributed by atoms with Crippen LogP contribution in [0, 0.1) is 0 Å². The number of rotatable bonds is 2. The molecule has 3 rings (SSSR count). The predicted octanol–water partition coefficient (Wildman–Crippen LogP) is 1.76. The Balaban J connectivity index is 1.72. The van der Waals surface area contributed by atoms with E-state index in [4.69, 9.17) is 4.74 Å². The molecule has 0 aliphatic carbocycles. The number of likely N-dealkylation sites (tertiary alicyclic amines) is 1. The van der Waals surface area contributed by atoms with Gasteiger partial charge in [-0.05, 0) is 37.8 Å². The van der Waals surface area contributed by atoms with Crippen LogP contribution in [0.5, 0.6) is 0 Å². The summed E-state index contributed by atoms with van der Waals surface area (Å²) >= 11 is 0. The zero-order valence-corrected chi connectivity index (χ0v) is 14.5. The van der Waals surface area contributed by atoms with Gasteiger partial charge in [0, 0.05) is 25.1 Å². The van der Waals surface area contributed by atoms with Gasteiger partial charge in [0.1, 0.15) is 11.7 Å². The van der Waals surface area contributed by atoms with Gasteiger partial charge in [0.15, 0.2) is 0 Å². The molecule has 0 aromatic heterocycles. The number of amides is 1. The lowest BCUT2D eigenvalue weighted by atomic mass is 9.75. The minimum Gasteiger partial charge on any atom is -0.387 e. The number of nitrogens with zero attached hydrogens (tertiary/aromatic N) is 1. The van der Waals surface area contributed by atoms with Gasteiger partial charge in [-0.3, -0.25) is 4.79 Å². The van der Waals surface area contributed by atoms with Crippen LogP contribution in [0.4, 0.5) is 0 Å². The Bertz CT molecular complexity index is 605. The zero-order valence-electron chi connectivity index (χ0n) is 14.5. The quantitative estimate of drug-likeness (QED) is 0.865. The molecule has 5 nitrogen and oxygen atoms in total. The van der Waals surface area contributed by atoms with Crippen LogP contribution in [0.3, 0.4) is 0 Å². The second-order valence-electron chi connectivity index (χ2n) is 7.23. The molecule has 2 aliphatic heterocycles. The van der Waals surface area contributed by atoms with Crippen LogP contribution >= 0.6 is 0 Å². The van der Waals surface area contributed by atoms with E-state index >= 15 is 0 Å². The summed E-state index contributed by atoms with van der Waals surface area (Å²) < 4.78 is 5.89. The zero-order chi connectivity index (χ0) is 17.4. The van der Waals surface area contributed by atoms with Crippen LogP contribution in [-0.4, -0.2) is 58.0 Å². The van der Waals surface area contributed by atoms with E-state index in [1.807, 2.05) is 36.1 Å². The van der Waals surface area contributed by atoms with Crippen molar-refractivity contribution in [3.63, 3.8) is 0 Å². The number of carbonyl (C=O) groups is 1. The second kappa shape index (κ2) is 6.47. The van der Waals surface area contributed by atoms with Crippen LogP contribution in [0.25, 0.3) is 0 Å². The summed E-state index contributed by atoms with van der Waals surface area (Å²) in [7, 11) is 0. The maximum Gasteiger partial charge on any atom is 0.254 e. The number of aliphatic hydroxyl groups is 2. The molecule has 0 bridgehead atoms. The molecule has 2 atom stereocenters. The van der Waals surface area contributed by atoms with Gasteiger partial charge in [0.25, 0.3) is 5.91 Å². The van der Waals surface area contributed by atoms with Crippen molar-refractivity contribution in [2.75, 3.05) is 19.7 Å². The molecule has 0 radical (unpaired) electrons. The molecule has 5 heteroatoms. The third kappa shape index (κ3) is 2.96. The van der Waals surface area contributed by atoms with Crippen molar-refractivity contribution in [1.29, 1.82) is 0 Å². The second-order valence-corrected chi connectivity index (χ2v) is 7.23. The number of hydrogen-bond donors (Lipinski definition) is 2. The number of ether oxygens (including phenoxy) is 1. The van der Waals surface area contributed by atoms with Crippen molar-refractivity contribution in [2.24, 2.45) is 0 Å². The molecule has 0 saturated carbocycles. The van der Waals surface area contributed by atoms with Crippen molar-refractivity contribution in [3.05, 3.63) is 35.4 Å². The SMILES string of the molecule is CCc1ccccc1C(=O)N1CCC2(CC1)OCC[C@@](C)(O)[C@@H]2O. The van der Waals surface area contributed by atoms with Gasteiger partial charge in [-0.25, -0.2) is 0 Å². The summed E-state index contributed by atoms with van der Waals surface area (Å²) in [5, 5.41) is 20.9. The molecule has 1 amide bonds. The fraction of sp³-hybridized carbons (Fsp3) is 0.632. The number of aliphatic hydroxyl groups excluding tert-OH is 1. The highest BCUT2D eigenvalue weighted by atomic mass is 16.5. The molecule has 24 heavy (non-hydrogen) atoms. The third-order valence-corrected chi connectivity index (χ3v) is 5.61. The normalized spacial score (nSPS) is 29.7. The van der Waals surface area contributed by atoms with Crippen molar-refractivity contribution in [3.8, 4) is 0 Å². The van der Waals surface area contributed by atoms with E-state index in [0.29, 0.717) is 39.0 Å². The molecule has 2 N–H and O–H groups in total. The molecule has 132 valence electrons. The Hall–Kier alpha value is -1.43. The van der Waals surface area contributed by atoms with Gasteiger partial charge < -0.3 is 19.8 Å². The average Bonchev–Trinajstić information content (AvgIpc) is 2.60. The molecule has 2 aliphatic rings. The minimum atomic E-state index is -1.13. The molecule has 2 saturated heterocycles. The van der Waals surface area contributed by atoms with Gasteiger partial charge in [-0.15, -0.1) is 0 Å². The lowest BCUT2D eigenvalue weighted by molar-refractivity contribution is -0.244. The number of carbonyl (C=O) groups excluding carboxylic acids is 1. The lowest BCUT2D eigenvalue weighted by Crippen LogP contribution is -2.64. The summed E-state index contributed by atoms with van der Waals surface area (Å²) in [5.41, 5.74) is -0.0464. The van der Waals surface area contributed by atoms with E-state index in [1.54, 1.807) is 6.92 Å². The molecule has 2 fully saturated rings. The Morgan fingerprint density at radius 1 is 1.29 bits per heavy atom. The van der Waals surface area contributed by atoms with Gasteiger partial charge >= 0.3 is 0 Å². The Morgan fingerprint density at radius 3 is 2.62 bits per heavy atom. The first-order valence-corrected chi connectivity index (χ1v) is 8.81. The van der Waals surface area contributed by atoms with Gasteiger partial charge in [-0.2, -0.15) is 0 Å². The number of hydrogen-bond acceptors (Lipinski definition) is 4. The van der Waals surface area contributed by atoms with E-state index in [1.165, 1.54) is 0 Å². The Kier molecular flexibility index (Phi) is 4.69. The molecular weight excluding hydrogens is 306 g/mol. The number of benzene rings is 1. The minimum absolute atomic E-state index is 0.0411. The molecule has 1 spiro atoms. The number of piperidine rings is 1. The first-order chi connectivity index (χ1) is 11.4. The van der Waals surface area contributed by atoms with Crippen LogP contribution in [0.2, 0.25) is 0 Å². The summed E-state index contributed by atoms with van der Waals surface area (Å²) in [6.45, 7) is 5.22. The topological polar surface area (TPSA) is 70.0 Å². The van der Waals surface area contributed by atoms with Crippen LogP contribution in [0.15, 0.2) is 24.3 Å². The monoisotopic (exact) mass is 333 g/mol. The highest BCUT2D eigenvalue weighted by molar-refractivity contribution is 5.95. The fourth-order valence-corrected chi connectivity index (χ4v) is 3.96. The van der Waals surface area contributed by atoms with Crippen molar-refractivity contribution < 1.29 is 19.7 Å². The highest BCUT2D eigenvalue weighted by Gasteiger charge is 2.52. The summed E-state index contributed by atoms with van der Waals surface area (Å²) in [5.74, 6) is 0.0411. The van der Waals surface area contributed by atoms with E-state index in [9.17, 15) is 15.0 Å². The molecule has 2 heterocycles. The van der Waals surface area contributed by atoms with Crippen LogP contribution in [0.1, 0.15) is 49.0 Å². The smallest absolute Gasteiger partial charge is 0.254 e. The van der Waals surface area contributed by atoms with E-state index in [2.05, 4.69) is 0 Å². The van der Waals surface area contributed by atoms with Crippen molar-refractivity contribution in [2.45, 2.75) is 56.8 Å². The fourth-order valence-electron chi connectivity index (χ4n) is 3.96. The van der Waals surface area contributed by atoms with Crippen LogP contribution in [-0.2, 0) is 11.2 Å². The van der Waals surface area contributed by atoms with Crippen LogP contribution < -0.4 is 0 Å². The van der Waals surface area contributed by atoms with Crippen molar-refractivity contribution >= 4 is 5.91 Å². The molecule has 1 aromatic rings. The predicted molar refractivity (Wildman–Crippen MR) is 90.9 cm³/mol. The maximum absolute atomic E-state index is 12.8. The highest BCUT2D eigenvalue weighted by Crippen LogP contribution is 2.40. The standard InChI is InChI=1S/C19H27NO4/c1-3-14-6-4-5-7-15(14)16(21)20-11-8-19(9-12-20)17(22)18(2,23)10-13-24-19/h4-7,17,22-23H,3,8-13H2,1-2H3/t17-,18+/m0/s1. The van der Waals surface area contributed by atoms with E-state index in [0.717, 1.165) is 17.5 Å². The summed E-state index contributed by atoms with van der Waals surface area (Å²) in [6, 6.07) is 7.71. The largest absolute Gasteiger partial charge is 0.387 e. The first kappa shape index (κ1) is 17.4. The van der Waals surface area contributed by atoms with E-state index in [-0.39, 0.29) is 5.91 Å². The first-order valence-electron chi connectivity index (χ1n) is 8.81. The maximum atomic E-state index is 12.8. The van der Waals surface area contributed by atoms with Gasteiger partial charge in [0.2, 0.25) is 0 Å². The number of aryl methyl sites for hydroxylation is 1. The summed E-state index contributed by atoms with van der Waals surface area (Å²) in [6.07, 6.45) is 1.43. The lowest BCUT2D eigenvalue weighted by Gasteiger charge is -2.51. The average molecular weight is 333 g/mol. The van der Waals surface area contributed by atoms with E-state index < -0.39 is 17.3 Å². The molecule has 1 aromatic carbocycles. The Morgan fingerprint density at radius 2 is 1.96 bits per heavy atom. The van der Waals surface area contributed by atoms with Gasteiger partial charge in [0.05, 0.1) is 12.2 Å². The third-order valence-electron chi connectivity index (χ3n) is 5.61. The summed E-state index contributed by atoms with van der Waals surface area (Å²) in [4.78, 5) is 14.7.